The zero-order valence-electron chi connectivity index (χ0n) is 13.8. The van der Waals surface area contributed by atoms with E-state index in [1.54, 1.807) is 7.11 Å². The van der Waals surface area contributed by atoms with Gasteiger partial charge in [0.05, 0.1) is 18.3 Å². The summed E-state index contributed by atoms with van der Waals surface area (Å²) in [7, 11) is 1.12. The normalized spacial score (nSPS) is 19.2. The SMILES string of the molecule is COc1ccc(B2OC(C)(C)C(C)(C)O2)cc1CCC(=O)O. The molecule has 1 N–H and O–H groups in total. The summed E-state index contributed by atoms with van der Waals surface area (Å²) >= 11 is 0. The maximum atomic E-state index is 10.8. The van der Waals surface area contributed by atoms with E-state index >= 15 is 0 Å². The van der Waals surface area contributed by atoms with Gasteiger partial charge in [-0.05, 0) is 51.2 Å². The van der Waals surface area contributed by atoms with E-state index in [2.05, 4.69) is 0 Å². The number of ether oxygens (including phenoxy) is 1. The van der Waals surface area contributed by atoms with Crippen molar-refractivity contribution in [2.45, 2.75) is 51.7 Å². The standard InChI is InChI=1S/C16H23BO5/c1-15(2)16(3,4)22-17(21-15)12-7-8-13(20-5)11(10-12)6-9-14(18)19/h7-8,10H,6,9H2,1-5H3,(H,18,19). The number of carboxylic acids is 1. The number of rotatable bonds is 5. The number of hydrogen-bond donors (Lipinski definition) is 1. The summed E-state index contributed by atoms with van der Waals surface area (Å²) in [5.74, 6) is -0.149. The average Bonchev–Trinajstić information content (AvgIpc) is 2.64. The van der Waals surface area contributed by atoms with E-state index in [1.165, 1.54) is 0 Å². The van der Waals surface area contributed by atoms with Crippen LogP contribution in [0.2, 0.25) is 0 Å². The van der Waals surface area contributed by atoms with Gasteiger partial charge in [-0.1, -0.05) is 12.1 Å². The zero-order chi connectivity index (χ0) is 16.5. The van der Waals surface area contributed by atoms with Crippen LogP contribution in [0.1, 0.15) is 39.7 Å². The van der Waals surface area contributed by atoms with E-state index in [4.69, 9.17) is 19.2 Å². The highest BCUT2D eigenvalue weighted by atomic mass is 16.7. The van der Waals surface area contributed by atoms with Gasteiger partial charge in [0, 0.05) is 6.42 Å². The van der Waals surface area contributed by atoms with E-state index < -0.39 is 24.3 Å². The monoisotopic (exact) mass is 306 g/mol. The first kappa shape index (κ1) is 16.8. The van der Waals surface area contributed by atoms with Crippen LogP contribution >= 0.6 is 0 Å². The molecular weight excluding hydrogens is 283 g/mol. The van der Waals surface area contributed by atoms with E-state index in [-0.39, 0.29) is 6.42 Å². The number of carbonyl (C=O) groups is 1. The molecule has 0 radical (unpaired) electrons. The lowest BCUT2D eigenvalue weighted by atomic mass is 9.78. The van der Waals surface area contributed by atoms with Crippen molar-refractivity contribution < 1.29 is 23.9 Å². The molecule has 22 heavy (non-hydrogen) atoms. The lowest BCUT2D eigenvalue weighted by Gasteiger charge is -2.32. The lowest BCUT2D eigenvalue weighted by Crippen LogP contribution is -2.41. The average molecular weight is 306 g/mol. The maximum Gasteiger partial charge on any atom is 0.494 e. The van der Waals surface area contributed by atoms with Crippen LogP contribution in [0.3, 0.4) is 0 Å². The number of methoxy groups -OCH3 is 1. The molecule has 6 heteroatoms. The Labute approximate surface area is 131 Å². The maximum absolute atomic E-state index is 10.8. The van der Waals surface area contributed by atoms with Crippen molar-refractivity contribution in [1.29, 1.82) is 0 Å². The van der Waals surface area contributed by atoms with Crippen LogP contribution in [-0.4, -0.2) is 36.5 Å². The van der Waals surface area contributed by atoms with Gasteiger partial charge in [-0.25, -0.2) is 0 Å². The third-order valence-electron chi connectivity index (χ3n) is 4.44. The minimum Gasteiger partial charge on any atom is -0.496 e. The van der Waals surface area contributed by atoms with Crippen molar-refractivity contribution in [2.24, 2.45) is 0 Å². The topological polar surface area (TPSA) is 65.0 Å². The Morgan fingerprint density at radius 3 is 2.32 bits per heavy atom. The summed E-state index contributed by atoms with van der Waals surface area (Å²) < 4.78 is 17.4. The van der Waals surface area contributed by atoms with Gasteiger partial charge in [-0.2, -0.15) is 0 Å². The number of aryl methyl sites for hydroxylation is 1. The van der Waals surface area contributed by atoms with Crippen LogP contribution < -0.4 is 10.2 Å². The molecule has 1 aromatic rings. The highest BCUT2D eigenvalue weighted by molar-refractivity contribution is 6.62. The van der Waals surface area contributed by atoms with Crippen LogP contribution in [0.4, 0.5) is 0 Å². The van der Waals surface area contributed by atoms with Crippen LogP contribution in [-0.2, 0) is 20.5 Å². The second-order valence-electron chi connectivity index (χ2n) is 6.55. The van der Waals surface area contributed by atoms with Crippen LogP contribution in [0, 0.1) is 0 Å². The number of benzene rings is 1. The molecule has 1 fully saturated rings. The fourth-order valence-corrected chi connectivity index (χ4v) is 2.36. The molecule has 1 heterocycles. The molecule has 5 nitrogen and oxygen atoms in total. The Hall–Kier alpha value is -1.53. The molecule has 1 aliphatic heterocycles. The summed E-state index contributed by atoms with van der Waals surface area (Å²) in [5.41, 5.74) is 0.912. The van der Waals surface area contributed by atoms with Crippen molar-refractivity contribution in [3.8, 4) is 5.75 Å². The van der Waals surface area contributed by atoms with Gasteiger partial charge in [0.25, 0.3) is 0 Å². The van der Waals surface area contributed by atoms with Crippen molar-refractivity contribution in [3.63, 3.8) is 0 Å². The fraction of sp³-hybridized carbons (Fsp3) is 0.562. The van der Waals surface area contributed by atoms with Crippen LogP contribution in [0.15, 0.2) is 18.2 Å². The first-order valence-corrected chi connectivity index (χ1v) is 7.40. The van der Waals surface area contributed by atoms with Crippen molar-refractivity contribution in [3.05, 3.63) is 23.8 Å². The molecule has 1 aliphatic rings. The van der Waals surface area contributed by atoms with Gasteiger partial charge < -0.3 is 19.2 Å². The molecule has 0 amide bonds. The Morgan fingerprint density at radius 2 is 1.82 bits per heavy atom. The summed E-state index contributed by atoms with van der Waals surface area (Å²) in [6.45, 7) is 8.01. The second kappa shape index (κ2) is 5.93. The lowest BCUT2D eigenvalue weighted by molar-refractivity contribution is -0.136. The quantitative estimate of drug-likeness (QED) is 0.843. The first-order chi connectivity index (χ1) is 10.2. The van der Waals surface area contributed by atoms with Gasteiger partial charge in [0.1, 0.15) is 5.75 Å². The van der Waals surface area contributed by atoms with E-state index in [1.807, 2.05) is 45.9 Å². The molecule has 0 atom stereocenters. The number of hydrogen-bond acceptors (Lipinski definition) is 4. The predicted octanol–water partition coefficient (Wildman–Crippen LogP) is 2.01. The second-order valence-corrected chi connectivity index (χ2v) is 6.55. The smallest absolute Gasteiger partial charge is 0.494 e. The fourth-order valence-electron chi connectivity index (χ4n) is 2.36. The first-order valence-electron chi connectivity index (χ1n) is 7.40. The zero-order valence-corrected chi connectivity index (χ0v) is 13.8. The van der Waals surface area contributed by atoms with E-state index in [0.29, 0.717) is 12.2 Å². The molecule has 0 spiro atoms. The number of carboxylic acid groups (broad SMARTS) is 1. The van der Waals surface area contributed by atoms with Gasteiger partial charge >= 0.3 is 13.1 Å². The minimum atomic E-state index is -0.830. The Balaban J connectivity index is 2.26. The summed E-state index contributed by atoms with van der Waals surface area (Å²) in [5, 5.41) is 8.87. The van der Waals surface area contributed by atoms with Crippen molar-refractivity contribution >= 4 is 18.6 Å². The van der Waals surface area contributed by atoms with Gasteiger partial charge in [0.2, 0.25) is 0 Å². The largest absolute Gasteiger partial charge is 0.496 e. The molecule has 2 rings (SSSR count). The molecule has 0 aliphatic carbocycles. The van der Waals surface area contributed by atoms with Gasteiger partial charge in [0.15, 0.2) is 0 Å². The molecule has 0 saturated carbocycles. The van der Waals surface area contributed by atoms with E-state index in [0.717, 1.165) is 11.0 Å². The van der Waals surface area contributed by atoms with Crippen LogP contribution in [0.25, 0.3) is 0 Å². The molecule has 0 unspecified atom stereocenters. The molecule has 1 aromatic carbocycles. The molecule has 1 saturated heterocycles. The minimum absolute atomic E-state index is 0.0587. The summed E-state index contributed by atoms with van der Waals surface area (Å²) in [4.78, 5) is 10.8. The Bertz CT molecular complexity index is 552. The molecular formula is C16H23BO5. The molecule has 0 aromatic heterocycles. The third kappa shape index (κ3) is 3.28. The predicted molar refractivity (Wildman–Crippen MR) is 84.7 cm³/mol. The third-order valence-corrected chi connectivity index (χ3v) is 4.44. The summed E-state index contributed by atoms with van der Waals surface area (Å²) in [6, 6.07) is 5.63. The highest BCUT2D eigenvalue weighted by Crippen LogP contribution is 2.36. The molecule has 120 valence electrons. The number of aliphatic carboxylic acids is 1. The van der Waals surface area contributed by atoms with Gasteiger partial charge in [-0.15, -0.1) is 0 Å². The van der Waals surface area contributed by atoms with Crippen LogP contribution in [0.5, 0.6) is 5.75 Å². The van der Waals surface area contributed by atoms with Crippen molar-refractivity contribution in [1.82, 2.24) is 0 Å². The highest BCUT2D eigenvalue weighted by Gasteiger charge is 2.51. The Kier molecular flexibility index (Phi) is 4.54. The van der Waals surface area contributed by atoms with E-state index in [9.17, 15) is 4.79 Å². The van der Waals surface area contributed by atoms with Crippen molar-refractivity contribution in [2.75, 3.05) is 7.11 Å². The van der Waals surface area contributed by atoms with Gasteiger partial charge in [-0.3, -0.25) is 4.79 Å². The molecule has 0 bridgehead atoms. The Morgan fingerprint density at radius 1 is 1.23 bits per heavy atom. The summed E-state index contributed by atoms with van der Waals surface area (Å²) in [6.07, 6.45) is 0.467.